The average molecular weight is 305 g/mol. The summed E-state index contributed by atoms with van der Waals surface area (Å²) in [5.41, 5.74) is 0.968. The molecular weight excluding hydrogens is 290 g/mol. The summed E-state index contributed by atoms with van der Waals surface area (Å²) in [7, 11) is 0. The van der Waals surface area contributed by atoms with Crippen LogP contribution in [0.4, 0.5) is 11.5 Å². The summed E-state index contributed by atoms with van der Waals surface area (Å²) in [6, 6.07) is 14.7. The molecule has 0 spiro atoms. The zero-order valence-corrected chi connectivity index (χ0v) is 12.4. The summed E-state index contributed by atoms with van der Waals surface area (Å²) in [4.78, 5) is 30.4. The lowest BCUT2D eigenvalue weighted by Gasteiger charge is -2.23. The molecule has 0 unspecified atom stereocenters. The van der Waals surface area contributed by atoms with Gasteiger partial charge in [0.25, 0.3) is 5.56 Å². The van der Waals surface area contributed by atoms with Crippen LogP contribution in [0, 0.1) is 0 Å². The Bertz CT molecular complexity index is 916. The molecule has 0 radical (unpaired) electrons. The monoisotopic (exact) mass is 305 g/mol. The van der Waals surface area contributed by atoms with Gasteiger partial charge in [-0.05, 0) is 24.3 Å². The van der Waals surface area contributed by atoms with Crippen molar-refractivity contribution >= 4 is 23.4 Å². The molecule has 2 heterocycles. The van der Waals surface area contributed by atoms with Gasteiger partial charge in [-0.15, -0.1) is 6.58 Å². The van der Waals surface area contributed by atoms with Crippen molar-refractivity contribution < 1.29 is 4.79 Å². The molecule has 5 nitrogen and oxygen atoms in total. The van der Waals surface area contributed by atoms with Gasteiger partial charge < -0.3 is 4.90 Å². The highest BCUT2D eigenvalue weighted by Gasteiger charge is 2.18. The molecule has 5 heteroatoms. The number of aromatic nitrogens is 2. The number of aldehydes is 1. The summed E-state index contributed by atoms with van der Waals surface area (Å²) in [6.07, 6.45) is 3.86. The van der Waals surface area contributed by atoms with Crippen LogP contribution in [-0.4, -0.2) is 22.2 Å². The molecule has 0 aliphatic carbocycles. The number of nitrogens with zero attached hydrogens (tertiary/aromatic N) is 3. The van der Waals surface area contributed by atoms with Crippen molar-refractivity contribution in [3.8, 4) is 0 Å². The average Bonchev–Trinajstić information content (AvgIpc) is 2.60. The smallest absolute Gasteiger partial charge is 0.270 e. The third-order valence-electron chi connectivity index (χ3n) is 3.50. The van der Waals surface area contributed by atoms with Crippen molar-refractivity contribution in [2.75, 3.05) is 11.4 Å². The van der Waals surface area contributed by atoms with Crippen LogP contribution in [0.25, 0.3) is 5.65 Å². The Morgan fingerprint density at radius 2 is 1.87 bits per heavy atom. The molecule has 0 atom stereocenters. The lowest BCUT2D eigenvalue weighted by Crippen LogP contribution is -2.27. The van der Waals surface area contributed by atoms with Gasteiger partial charge in [-0.3, -0.25) is 14.0 Å². The number of hydrogen-bond acceptors (Lipinski definition) is 4. The molecular formula is C18H15N3O2. The minimum absolute atomic E-state index is 0.0272. The number of rotatable bonds is 5. The van der Waals surface area contributed by atoms with E-state index in [9.17, 15) is 9.59 Å². The number of hydrogen-bond donors (Lipinski definition) is 0. The zero-order valence-electron chi connectivity index (χ0n) is 12.4. The lowest BCUT2D eigenvalue weighted by atomic mass is 10.2. The Labute approximate surface area is 133 Å². The first-order valence-corrected chi connectivity index (χ1v) is 7.16. The van der Waals surface area contributed by atoms with Crippen LogP contribution in [-0.2, 0) is 0 Å². The van der Waals surface area contributed by atoms with Crippen molar-refractivity contribution in [2.24, 2.45) is 0 Å². The van der Waals surface area contributed by atoms with Gasteiger partial charge in [0.1, 0.15) is 11.2 Å². The normalized spacial score (nSPS) is 10.4. The topological polar surface area (TPSA) is 54.7 Å². The maximum absolute atomic E-state index is 12.6. The van der Waals surface area contributed by atoms with Crippen molar-refractivity contribution in [2.45, 2.75) is 0 Å². The molecule has 1 aromatic carbocycles. The van der Waals surface area contributed by atoms with E-state index in [-0.39, 0.29) is 11.1 Å². The van der Waals surface area contributed by atoms with Gasteiger partial charge in [0.15, 0.2) is 12.1 Å². The predicted molar refractivity (Wildman–Crippen MR) is 90.5 cm³/mol. The van der Waals surface area contributed by atoms with Gasteiger partial charge in [0.05, 0.1) is 0 Å². The van der Waals surface area contributed by atoms with E-state index in [4.69, 9.17) is 0 Å². The molecule has 0 N–H and O–H groups in total. The molecule has 23 heavy (non-hydrogen) atoms. The molecule has 0 amide bonds. The maximum Gasteiger partial charge on any atom is 0.270 e. The molecule has 0 fully saturated rings. The number of para-hydroxylation sites is 1. The van der Waals surface area contributed by atoms with E-state index in [1.807, 2.05) is 30.3 Å². The Hall–Kier alpha value is -3.21. The van der Waals surface area contributed by atoms with Crippen LogP contribution < -0.4 is 10.5 Å². The highest BCUT2D eigenvalue weighted by molar-refractivity contribution is 5.85. The molecule has 2 aromatic heterocycles. The number of anilines is 2. The third kappa shape index (κ3) is 2.64. The van der Waals surface area contributed by atoms with Gasteiger partial charge in [-0.2, -0.15) is 0 Å². The van der Waals surface area contributed by atoms with Gasteiger partial charge in [-0.1, -0.05) is 30.3 Å². The van der Waals surface area contributed by atoms with Crippen LogP contribution >= 0.6 is 0 Å². The standard InChI is InChI=1S/C18H15N3O2/c1-2-11-20(14-8-4-3-5-9-14)17-15(13-22)18(23)21-12-7-6-10-16(21)19-17/h2-10,12-13H,1,11H2. The lowest BCUT2D eigenvalue weighted by molar-refractivity contribution is 0.112. The minimum atomic E-state index is -0.384. The largest absolute Gasteiger partial charge is 0.322 e. The van der Waals surface area contributed by atoms with Gasteiger partial charge in [-0.25, -0.2) is 4.98 Å². The van der Waals surface area contributed by atoms with Crippen molar-refractivity contribution in [1.82, 2.24) is 9.38 Å². The molecule has 0 saturated carbocycles. The Morgan fingerprint density at radius 1 is 1.13 bits per heavy atom. The molecule has 114 valence electrons. The quantitative estimate of drug-likeness (QED) is 0.537. The Kier molecular flexibility index (Phi) is 4.01. The second kappa shape index (κ2) is 6.27. The van der Waals surface area contributed by atoms with Crippen molar-refractivity contribution in [3.63, 3.8) is 0 Å². The summed E-state index contributed by atoms with van der Waals surface area (Å²) in [5.74, 6) is 0.335. The van der Waals surface area contributed by atoms with Gasteiger partial charge in [0, 0.05) is 18.4 Å². The van der Waals surface area contributed by atoms with E-state index >= 15 is 0 Å². The minimum Gasteiger partial charge on any atom is -0.322 e. The predicted octanol–water partition coefficient (Wildman–Crippen LogP) is 2.83. The van der Waals surface area contributed by atoms with E-state index in [1.165, 1.54) is 4.40 Å². The molecule has 3 rings (SSSR count). The first-order valence-electron chi connectivity index (χ1n) is 7.16. The second-order valence-corrected chi connectivity index (χ2v) is 4.94. The fourth-order valence-corrected chi connectivity index (χ4v) is 2.45. The first kappa shape index (κ1) is 14.7. The van der Waals surface area contributed by atoms with E-state index < -0.39 is 0 Å². The number of fused-ring (bicyclic) bond motifs is 1. The highest BCUT2D eigenvalue weighted by atomic mass is 16.1. The summed E-state index contributed by atoms with van der Waals surface area (Å²) in [5, 5.41) is 0. The highest BCUT2D eigenvalue weighted by Crippen LogP contribution is 2.25. The number of benzene rings is 1. The SMILES string of the molecule is C=CCN(c1ccccc1)c1nc2ccccn2c(=O)c1C=O. The third-order valence-corrected chi connectivity index (χ3v) is 3.50. The molecule has 0 aliphatic rings. The number of pyridine rings is 1. The Balaban J connectivity index is 2.29. The summed E-state index contributed by atoms with van der Waals surface area (Å²) < 4.78 is 1.37. The van der Waals surface area contributed by atoms with Gasteiger partial charge >= 0.3 is 0 Å². The fraction of sp³-hybridized carbons (Fsp3) is 0.0556. The van der Waals surface area contributed by atoms with Crippen molar-refractivity contribution in [1.29, 1.82) is 0 Å². The summed E-state index contributed by atoms with van der Waals surface area (Å²) in [6.45, 7) is 4.18. The van der Waals surface area contributed by atoms with Crippen LogP contribution in [0.3, 0.4) is 0 Å². The van der Waals surface area contributed by atoms with Crippen molar-refractivity contribution in [3.05, 3.63) is 83.3 Å². The Morgan fingerprint density at radius 3 is 2.57 bits per heavy atom. The van der Waals surface area contributed by atoms with Crippen LogP contribution in [0.5, 0.6) is 0 Å². The zero-order chi connectivity index (χ0) is 16.2. The van der Waals surface area contributed by atoms with Gasteiger partial charge in [0.2, 0.25) is 0 Å². The first-order chi connectivity index (χ1) is 11.3. The number of carbonyl (C=O) groups is 1. The van der Waals surface area contributed by atoms with Crippen LogP contribution in [0.15, 0.2) is 72.2 Å². The molecule has 0 aliphatic heterocycles. The molecule has 0 saturated heterocycles. The molecule has 3 aromatic rings. The summed E-state index contributed by atoms with van der Waals surface area (Å²) >= 11 is 0. The van der Waals surface area contributed by atoms with Crippen LogP contribution in [0.1, 0.15) is 10.4 Å². The fourth-order valence-electron chi connectivity index (χ4n) is 2.45. The van der Waals surface area contributed by atoms with E-state index in [1.54, 1.807) is 35.4 Å². The number of carbonyl (C=O) groups excluding carboxylic acids is 1. The van der Waals surface area contributed by atoms with E-state index in [0.29, 0.717) is 24.3 Å². The molecule has 0 bridgehead atoms. The second-order valence-electron chi connectivity index (χ2n) is 4.94. The van der Waals surface area contributed by atoms with Crippen LogP contribution in [0.2, 0.25) is 0 Å². The maximum atomic E-state index is 12.6. The van der Waals surface area contributed by atoms with E-state index in [2.05, 4.69) is 11.6 Å². The van der Waals surface area contributed by atoms with E-state index in [0.717, 1.165) is 5.69 Å².